The number of rotatable bonds is 34. The Hall–Kier alpha value is -3.38. The van der Waals surface area contributed by atoms with Gasteiger partial charge in [-0.1, -0.05) is 12.8 Å². The van der Waals surface area contributed by atoms with Crippen molar-refractivity contribution in [3.05, 3.63) is 0 Å². The summed E-state index contributed by atoms with van der Waals surface area (Å²) < 4.78 is 21.5. The van der Waals surface area contributed by atoms with E-state index in [1.807, 2.05) is 0 Å². The number of hydrogen-bond acceptors (Lipinski definition) is 11. The van der Waals surface area contributed by atoms with Gasteiger partial charge in [-0.15, -0.1) is 0 Å². The van der Waals surface area contributed by atoms with Crippen LogP contribution in [0.15, 0.2) is 0 Å². The van der Waals surface area contributed by atoms with E-state index < -0.39 is 35.9 Å². The summed E-state index contributed by atoms with van der Waals surface area (Å²) in [6.07, 6.45) is 4.95. The number of aliphatic carboxylic acids is 3. The number of ether oxygens (including phenoxy) is 4. The summed E-state index contributed by atoms with van der Waals surface area (Å²) in [5.41, 5.74) is 0. The van der Waals surface area contributed by atoms with Crippen molar-refractivity contribution in [1.82, 2.24) is 21.3 Å². The fraction of sp³-hybridized carbons (Fsp3) is 0.806. The van der Waals surface area contributed by atoms with Crippen LogP contribution >= 0.6 is 0 Å². The predicted molar refractivity (Wildman–Crippen MR) is 172 cm³/mol. The van der Waals surface area contributed by atoms with Crippen molar-refractivity contribution in [2.75, 3.05) is 73.0 Å². The maximum absolute atomic E-state index is 12.1. The number of carbonyl (C=O) groups excluding carboxylic acids is 3. The number of carboxylic acid groups (broad SMARTS) is 3. The van der Waals surface area contributed by atoms with Crippen LogP contribution in [0.5, 0.6) is 0 Å². The number of carboxylic acids is 3. The van der Waals surface area contributed by atoms with Gasteiger partial charge in [0.25, 0.3) is 0 Å². The number of amides is 3. The average Bonchev–Trinajstić information content (AvgIpc) is 3.03. The van der Waals surface area contributed by atoms with Crippen LogP contribution in [0.1, 0.15) is 77.0 Å². The highest BCUT2D eigenvalue weighted by Crippen LogP contribution is 2.05. The largest absolute Gasteiger partial charge is 0.481 e. The van der Waals surface area contributed by atoms with Gasteiger partial charge >= 0.3 is 17.9 Å². The smallest absolute Gasteiger partial charge is 0.326 e. The lowest BCUT2D eigenvalue weighted by Crippen LogP contribution is -2.42. The van der Waals surface area contributed by atoms with Crippen LogP contribution in [0.4, 0.5) is 0 Å². The summed E-state index contributed by atoms with van der Waals surface area (Å²) in [5.74, 6) is -3.90. The summed E-state index contributed by atoms with van der Waals surface area (Å²) in [7, 11) is 1.57. The first-order valence-corrected chi connectivity index (χ1v) is 16.5. The number of unbranched alkanes of at least 4 members (excludes halogenated alkanes) is 4. The molecule has 0 rings (SSSR count). The van der Waals surface area contributed by atoms with Gasteiger partial charge in [-0.25, -0.2) is 4.79 Å². The number of carbonyl (C=O) groups is 6. The van der Waals surface area contributed by atoms with Gasteiger partial charge in [0.1, 0.15) is 12.1 Å². The zero-order valence-electron chi connectivity index (χ0n) is 28.1. The lowest BCUT2D eigenvalue weighted by Gasteiger charge is -2.15. The van der Waals surface area contributed by atoms with Crippen molar-refractivity contribution in [1.29, 1.82) is 0 Å². The number of hydrogen-bond donors (Lipinski definition) is 7. The highest BCUT2D eigenvalue weighted by molar-refractivity contribution is 5.84. The fourth-order valence-corrected chi connectivity index (χ4v) is 4.17. The Kier molecular flexibility index (Phi) is 28.7. The van der Waals surface area contributed by atoms with Crippen molar-refractivity contribution < 1.29 is 63.0 Å². The molecule has 0 aliphatic rings. The van der Waals surface area contributed by atoms with Crippen LogP contribution < -0.4 is 21.3 Å². The van der Waals surface area contributed by atoms with Crippen LogP contribution in [0.2, 0.25) is 0 Å². The van der Waals surface area contributed by atoms with E-state index in [-0.39, 0.29) is 57.3 Å². The second kappa shape index (κ2) is 30.9. The van der Waals surface area contributed by atoms with Gasteiger partial charge in [-0.3, -0.25) is 24.0 Å². The first-order valence-electron chi connectivity index (χ1n) is 16.5. The van der Waals surface area contributed by atoms with Crippen LogP contribution in [0, 0.1) is 0 Å². The van der Waals surface area contributed by atoms with Crippen LogP contribution in [0.25, 0.3) is 0 Å². The minimum Gasteiger partial charge on any atom is -0.481 e. The average molecular weight is 693 g/mol. The molecule has 0 radical (unpaired) electrons. The van der Waals surface area contributed by atoms with E-state index in [0.717, 1.165) is 19.3 Å². The summed E-state index contributed by atoms with van der Waals surface area (Å²) in [6.45, 7) is 3.14. The molecular weight excluding hydrogens is 636 g/mol. The van der Waals surface area contributed by atoms with E-state index in [0.29, 0.717) is 78.2 Å². The molecular formula is C31H56N4O13. The summed E-state index contributed by atoms with van der Waals surface area (Å²) in [6, 6.07) is -1.85. The van der Waals surface area contributed by atoms with E-state index >= 15 is 0 Å². The molecule has 0 saturated heterocycles. The molecule has 0 aliphatic carbocycles. The topological polar surface area (TPSA) is 248 Å². The maximum atomic E-state index is 12.1. The van der Waals surface area contributed by atoms with Crippen LogP contribution in [-0.4, -0.2) is 136 Å². The van der Waals surface area contributed by atoms with Crippen molar-refractivity contribution in [2.24, 2.45) is 0 Å². The minimum absolute atomic E-state index is 0.0527. The molecule has 17 nitrogen and oxygen atoms in total. The van der Waals surface area contributed by atoms with Gasteiger partial charge in [-0.05, 0) is 45.6 Å². The lowest BCUT2D eigenvalue weighted by atomic mass is 10.1. The van der Waals surface area contributed by atoms with Crippen molar-refractivity contribution >= 4 is 35.6 Å². The van der Waals surface area contributed by atoms with Gasteiger partial charge in [-0.2, -0.15) is 0 Å². The van der Waals surface area contributed by atoms with Gasteiger partial charge in [0.05, 0.1) is 52.9 Å². The van der Waals surface area contributed by atoms with E-state index in [1.165, 1.54) is 0 Å². The molecule has 0 aliphatic heterocycles. The third kappa shape index (κ3) is 28.8. The first-order chi connectivity index (χ1) is 23.1. The molecule has 7 N–H and O–H groups in total. The molecule has 0 aromatic carbocycles. The zero-order chi connectivity index (χ0) is 35.8. The molecule has 278 valence electrons. The molecule has 17 heteroatoms. The molecule has 48 heavy (non-hydrogen) atoms. The Morgan fingerprint density at radius 1 is 0.500 bits per heavy atom. The Bertz CT molecular complexity index is 923. The zero-order valence-corrected chi connectivity index (χ0v) is 28.1. The minimum atomic E-state index is -1.24. The van der Waals surface area contributed by atoms with Crippen molar-refractivity contribution in [3.63, 3.8) is 0 Å². The van der Waals surface area contributed by atoms with Gasteiger partial charge in [0.2, 0.25) is 17.7 Å². The van der Waals surface area contributed by atoms with E-state index in [9.17, 15) is 33.9 Å². The Morgan fingerprint density at radius 3 is 1.58 bits per heavy atom. The molecule has 0 bridgehead atoms. The Morgan fingerprint density at radius 2 is 1.02 bits per heavy atom. The molecule has 0 fully saturated rings. The highest BCUT2D eigenvalue weighted by atomic mass is 16.6. The third-order valence-corrected chi connectivity index (χ3v) is 6.88. The van der Waals surface area contributed by atoms with E-state index in [1.54, 1.807) is 7.05 Å². The summed E-state index contributed by atoms with van der Waals surface area (Å²) in [5, 5.41) is 37.5. The summed E-state index contributed by atoms with van der Waals surface area (Å²) >= 11 is 0. The van der Waals surface area contributed by atoms with Crippen molar-refractivity contribution in [3.8, 4) is 0 Å². The second-order valence-corrected chi connectivity index (χ2v) is 10.9. The molecule has 0 unspecified atom stereocenters. The lowest BCUT2D eigenvalue weighted by molar-refractivity contribution is -0.142. The SMILES string of the molecule is CN[C@@H](CCCCNC(=O)CC[C@H](NC(=O)CCOCCOCCOCCOCCNC(=O)CCCCCCC(=O)O)C(=O)O)C(=O)O. The second-order valence-electron chi connectivity index (χ2n) is 10.9. The monoisotopic (exact) mass is 692 g/mol. The standard InChI is InChI=1S/C31H56N4O13/c1-32-24(30(41)42)8-6-7-14-33-27(37)12-11-25(31(43)44)35-28(38)13-16-45-18-20-47-22-23-48-21-19-46-17-15-34-26(36)9-4-2-3-5-10-29(39)40/h24-25,32H,2-23H2,1H3,(H,33,37)(H,34,36)(H,35,38)(H,39,40)(H,41,42)(H,43,44)/t24-,25-/m0/s1. The fourth-order valence-electron chi connectivity index (χ4n) is 4.17. The summed E-state index contributed by atoms with van der Waals surface area (Å²) in [4.78, 5) is 68.8. The van der Waals surface area contributed by atoms with Gasteiger partial charge < -0.3 is 55.5 Å². The number of likely N-dealkylation sites (N-methyl/N-ethyl adjacent to an activating group) is 1. The van der Waals surface area contributed by atoms with Gasteiger partial charge in [0.15, 0.2) is 0 Å². The van der Waals surface area contributed by atoms with Crippen molar-refractivity contribution in [2.45, 2.75) is 89.1 Å². The normalized spacial score (nSPS) is 12.2. The first kappa shape index (κ1) is 44.6. The van der Waals surface area contributed by atoms with Gasteiger partial charge in [0, 0.05) is 38.8 Å². The third-order valence-electron chi connectivity index (χ3n) is 6.88. The molecule has 2 atom stereocenters. The Balaban J connectivity index is 3.65. The molecule has 0 spiro atoms. The van der Waals surface area contributed by atoms with Crippen LogP contribution in [-0.2, 0) is 47.7 Å². The van der Waals surface area contributed by atoms with E-state index in [2.05, 4.69) is 21.3 Å². The quantitative estimate of drug-likeness (QED) is 0.0448. The molecule has 0 aromatic heterocycles. The maximum Gasteiger partial charge on any atom is 0.326 e. The predicted octanol–water partition coefficient (Wildman–Crippen LogP) is 0.293. The number of nitrogens with one attached hydrogen (secondary N) is 4. The van der Waals surface area contributed by atoms with E-state index in [4.69, 9.17) is 29.2 Å². The molecule has 0 aromatic rings. The molecule has 3 amide bonds. The highest BCUT2D eigenvalue weighted by Gasteiger charge is 2.21. The van der Waals surface area contributed by atoms with Crippen LogP contribution in [0.3, 0.4) is 0 Å². The molecule has 0 heterocycles. The molecule has 0 saturated carbocycles. The Labute approximate surface area is 282 Å².